The van der Waals surface area contributed by atoms with Gasteiger partial charge in [0.05, 0.1) is 5.69 Å². The number of hydrogen-bond acceptors (Lipinski definition) is 4. The van der Waals surface area contributed by atoms with E-state index in [1.807, 2.05) is 18.2 Å². The number of nitrogens with zero attached hydrogens (tertiary/aromatic N) is 4. The number of hydrogen-bond donors (Lipinski definition) is 1. The van der Waals surface area contributed by atoms with Crippen LogP contribution in [0, 0.1) is 0 Å². The van der Waals surface area contributed by atoms with E-state index in [1.54, 1.807) is 38.4 Å². The fraction of sp³-hybridized carbons (Fsp3) is 0.318. The van der Waals surface area contributed by atoms with E-state index in [0.717, 1.165) is 18.5 Å². The second kappa shape index (κ2) is 8.45. The summed E-state index contributed by atoms with van der Waals surface area (Å²) in [6.07, 6.45) is 6.01. The number of benzene rings is 1. The molecule has 3 heterocycles. The lowest BCUT2D eigenvalue weighted by atomic mass is 10.1. The molecule has 1 amide bonds. The Kier molecular flexibility index (Phi) is 5.74. The lowest BCUT2D eigenvalue weighted by Gasteiger charge is -2.32. The molecule has 1 unspecified atom stereocenters. The van der Waals surface area contributed by atoms with E-state index >= 15 is 0 Å². The van der Waals surface area contributed by atoms with E-state index in [0.29, 0.717) is 30.4 Å². The lowest BCUT2D eigenvalue weighted by molar-refractivity contribution is 0.0696. The van der Waals surface area contributed by atoms with Crippen LogP contribution < -0.4 is 10.9 Å². The van der Waals surface area contributed by atoms with Crippen molar-refractivity contribution >= 4 is 23.2 Å². The molecule has 1 aliphatic heterocycles. The molecule has 0 aliphatic carbocycles. The number of rotatable bonds is 5. The Morgan fingerprint density at radius 2 is 2.17 bits per heavy atom. The third kappa shape index (κ3) is 3.66. The zero-order valence-electron chi connectivity index (χ0n) is 16.8. The molecule has 1 aromatic carbocycles. The maximum absolute atomic E-state index is 13.2. The van der Waals surface area contributed by atoms with Gasteiger partial charge in [0.25, 0.3) is 11.5 Å². The molecular weight excluding hydrogens is 402 g/mol. The Labute approximate surface area is 179 Å². The van der Waals surface area contributed by atoms with Crippen molar-refractivity contribution in [2.24, 2.45) is 0 Å². The number of amides is 1. The van der Waals surface area contributed by atoms with Gasteiger partial charge in [0.2, 0.25) is 5.65 Å². The van der Waals surface area contributed by atoms with Crippen molar-refractivity contribution in [3.8, 4) is 11.3 Å². The van der Waals surface area contributed by atoms with Crippen LogP contribution in [0.3, 0.4) is 0 Å². The highest BCUT2D eigenvalue weighted by Gasteiger charge is 2.25. The molecule has 30 heavy (non-hydrogen) atoms. The Bertz CT molecular complexity index is 1170. The molecule has 1 atom stereocenters. The summed E-state index contributed by atoms with van der Waals surface area (Å²) in [6.45, 7) is 8.16. The van der Waals surface area contributed by atoms with E-state index in [-0.39, 0.29) is 28.8 Å². The maximum Gasteiger partial charge on any atom is 0.295 e. The summed E-state index contributed by atoms with van der Waals surface area (Å²) >= 11 is 6.39. The van der Waals surface area contributed by atoms with Gasteiger partial charge in [0.15, 0.2) is 0 Å². The van der Waals surface area contributed by atoms with Gasteiger partial charge in [0, 0.05) is 55.2 Å². The molecule has 2 aromatic heterocycles. The van der Waals surface area contributed by atoms with Gasteiger partial charge in [0.1, 0.15) is 5.69 Å². The molecule has 3 aromatic rings. The molecular formula is C22H24ClN5O2. The fourth-order valence-corrected chi connectivity index (χ4v) is 4.06. The predicted octanol–water partition coefficient (Wildman–Crippen LogP) is 2.83. The first-order valence-corrected chi connectivity index (χ1v) is 10.4. The SMILES string of the molecule is C=CCn1c(-c2ccccc2Cl)cn2cc(C(=O)N3CCNC(CC)C3)nc2c1=O. The summed E-state index contributed by atoms with van der Waals surface area (Å²) in [7, 11) is 0. The van der Waals surface area contributed by atoms with Gasteiger partial charge in [-0.05, 0) is 12.5 Å². The average Bonchev–Trinajstić information content (AvgIpc) is 3.20. The van der Waals surface area contributed by atoms with E-state index in [2.05, 4.69) is 23.8 Å². The van der Waals surface area contributed by atoms with Crippen LogP contribution in [0.4, 0.5) is 0 Å². The number of nitrogens with one attached hydrogen (secondary N) is 1. The minimum absolute atomic E-state index is 0.160. The Morgan fingerprint density at radius 1 is 1.37 bits per heavy atom. The molecule has 0 bridgehead atoms. The number of fused-ring (bicyclic) bond motifs is 1. The number of aromatic nitrogens is 3. The average molecular weight is 426 g/mol. The molecule has 1 aliphatic rings. The normalized spacial score (nSPS) is 16.7. The molecule has 0 spiro atoms. The summed E-state index contributed by atoms with van der Waals surface area (Å²) in [6, 6.07) is 7.62. The Hall–Kier alpha value is -2.90. The van der Waals surface area contributed by atoms with Gasteiger partial charge in [-0.2, -0.15) is 0 Å². The van der Waals surface area contributed by atoms with E-state index in [1.165, 1.54) is 0 Å². The zero-order chi connectivity index (χ0) is 21.3. The van der Waals surface area contributed by atoms with Gasteiger partial charge in [-0.15, -0.1) is 6.58 Å². The largest absolute Gasteiger partial charge is 0.334 e. The van der Waals surface area contributed by atoms with Crippen LogP contribution in [0.5, 0.6) is 0 Å². The molecule has 156 valence electrons. The van der Waals surface area contributed by atoms with Crippen molar-refractivity contribution in [3.05, 3.63) is 70.4 Å². The van der Waals surface area contributed by atoms with E-state index in [9.17, 15) is 9.59 Å². The number of imidazole rings is 1. The van der Waals surface area contributed by atoms with Crippen LogP contribution in [0.2, 0.25) is 5.02 Å². The minimum atomic E-state index is -0.293. The quantitative estimate of drug-likeness (QED) is 0.638. The molecule has 8 heteroatoms. The first-order valence-electron chi connectivity index (χ1n) is 10.0. The fourth-order valence-electron chi connectivity index (χ4n) is 3.82. The van der Waals surface area contributed by atoms with Crippen molar-refractivity contribution in [3.63, 3.8) is 0 Å². The minimum Gasteiger partial charge on any atom is -0.334 e. The second-order valence-electron chi connectivity index (χ2n) is 7.37. The number of allylic oxidation sites excluding steroid dienone is 1. The van der Waals surface area contributed by atoms with E-state index in [4.69, 9.17) is 11.6 Å². The Morgan fingerprint density at radius 3 is 2.90 bits per heavy atom. The monoisotopic (exact) mass is 425 g/mol. The molecule has 4 rings (SSSR count). The second-order valence-corrected chi connectivity index (χ2v) is 7.77. The zero-order valence-corrected chi connectivity index (χ0v) is 17.6. The van der Waals surface area contributed by atoms with Crippen LogP contribution in [0.25, 0.3) is 16.9 Å². The van der Waals surface area contributed by atoms with Crippen LogP contribution in [0.1, 0.15) is 23.8 Å². The molecule has 0 radical (unpaired) electrons. The van der Waals surface area contributed by atoms with Crippen molar-refractivity contribution in [1.29, 1.82) is 0 Å². The van der Waals surface area contributed by atoms with Crippen molar-refractivity contribution in [2.45, 2.75) is 25.9 Å². The third-order valence-corrected chi connectivity index (χ3v) is 5.77. The molecule has 1 N–H and O–H groups in total. The van der Waals surface area contributed by atoms with Crippen molar-refractivity contribution < 1.29 is 4.79 Å². The van der Waals surface area contributed by atoms with Crippen LogP contribution in [-0.2, 0) is 6.54 Å². The number of carbonyl (C=O) groups excluding carboxylic acids is 1. The van der Waals surface area contributed by atoms with Gasteiger partial charge >= 0.3 is 0 Å². The lowest BCUT2D eigenvalue weighted by Crippen LogP contribution is -2.52. The molecule has 1 fully saturated rings. The summed E-state index contributed by atoms with van der Waals surface area (Å²) in [4.78, 5) is 32.4. The highest BCUT2D eigenvalue weighted by Crippen LogP contribution is 2.27. The third-order valence-electron chi connectivity index (χ3n) is 5.44. The maximum atomic E-state index is 13.2. The summed E-state index contributed by atoms with van der Waals surface area (Å²) in [5.41, 5.74) is 1.55. The highest BCUT2D eigenvalue weighted by atomic mass is 35.5. The molecule has 7 nitrogen and oxygen atoms in total. The highest BCUT2D eigenvalue weighted by molar-refractivity contribution is 6.33. The van der Waals surface area contributed by atoms with E-state index < -0.39 is 0 Å². The summed E-state index contributed by atoms with van der Waals surface area (Å²) in [5, 5.41) is 3.94. The molecule has 0 saturated carbocycles. The smallest absolute Gasteiger partial charge is 0.295 e. The predicted molar refractivity (Wildman–Crippen MR) is 118 cm³/mol. The first kappa shape index (κ1) is 20.4. The van der Waals surface area contributed by atoms with Crippen molar-refractivity contribution in [1.82, 2.24) is 24.2 Å². The van der Waals surface area contributed by atoms with Crippen LogP contribution in [0.15, 0.2) is 54.1 Å². The summed E-state index contributed by atoms with van der Waals surface area (Å²) < 4.78 is 3.19. The van der Waals surface area contributed by atoms with Gasteiger partial charge in [-0.3, -0.25) is 18.6 Å². The molecule has 1 saturated heterocycles. The van der Waals surface area contributed by atoms with Crippen molar-refractivity contribution in [2.75, 3.05) is 19.6 Å². The van der Waals surface area contributed by atoms with Crippen LogP contribution in [-0.4, -0.2) is 50.4 Å². The van der Waals surface area contributed by atoms with Gasteiger partial charge < -0.3 is 10.2 Å². The number of halogens is 1. The van der Waals surface area contributed by atoms with Gasteiger partial charge in [-0.25, -0.2) is 4.98 Å². The number of piperazine rings is 1. The number of carbonyl (C=O) groups is 1. The van der Waals surface area contributed by atoms with Crippen LogP contribution >= 0.6 is 11.6 Å². The van der Waals surface area contributed by atoms with Gasteiger partial charge in [-0.1, -0.05) is 42.8 Å². The standard InChI is InChI=1S/C22H24ClN5O2/c1-3-10-28-19(16-7-5-6-8-17(16)23)14-27-13-18(25-20(27)22(28)30)21(29)26-11-9-24-15(4-2)12-26/h3,5-8,13-15,24H,1,4,9-12H2,2H3. The Balaban J connectivity index is 1.80. The topological polar surface area (TPSA) is 71.6 Å². The first-order chi connectivity index (χ1) is 14.5. The summed E-state index contributed by atoms with van der Waals surface area (Å²) in [5.74, 6) is -0.160.